The number of hydrogen-bond acceptors (Lipinski definition) is 3. The lowest BCUT2D eigenvalue weighted by Gasteiger charge is -2.27. The van der Waals surface area contributed by atoms with Gasteiger partial charge in [0.05, 0.1) is 29.9 Å². The fourth-order valence-electron chi connectivity index (χ4n) is 4.03. The summed E-state index contributed by atoms with van der Waals surface area (Å²) < 4.78 is 18.5. The van der Waals surface area contributed by atoms with E-state index in [0.717, 1.165) is 29.8 Å². The van der Waals surface area contributed by atoms with Gasteiger partial charge in [0, 0.05) is 24.0 Å². The summed E-state index contributed by atoms with van der Waals surface area (Å²) >= 11 is 0. The third-order valence-corrected chi connectivity index (χ3v) is 5.72. The SMILES string of the molecule is CP=CCc1cnnn1C1CCc2c(CC(=O)O)c3cccc(F)c3n2C1. The van der Waals surface area contributed by atoms with Crippen LogP contribution in [-0.4, -0.2) is 43.1 Å². The molecular weight excluding hydrogens is 366 g/mol. The second kappa shape index (κ2) is 7.24. The number of benzene rings is 1. The highest BCUT2D eigenvalue weighted by molar-refractivity contribution is 7.37. The van der Waals surface area contributed by atoms with Crippen LogP contribution in [0.2, 0.25) is 0 Å². The topological polar surface area (TPSA) is 72.9 Å². The van der Waals surface area contributed by atoms with Crippen LogP contribution in [0.3, 0.4) is 0 Å². The minimum atomic E-state index is -0.899. The Morgan fingerprint density at radius 3 is 3.11 bits per heavy atom. The first-order valence-corrected chi connectivity index (χ1v) is 10.3. The number of halogens is 1. The van der Waals surface area contributed by atoms with Crippen LogP contribution in [0.5, 0.6) is 0 Å². The molecule has 0 fully saturated rings. The molecule has 1 aromatic carbocycles. The molecule has 6 nitrogen and oxygen atoms in total. The molecule has 0 amide bonds. The average molecular weight is 386 g/mol. The van der Waals surface area contributed by atoms with E-state index >= 15 is 0 Å². The first kappa shape index (κ1) is 17.9. The van der Waals surface area contributed by atoms with Gasteiger partial charge in [-0.3, -0.25) is 4.79 Å². The maximum Gasteiger partial charge on any atom is 0.307 e. The van der Waals surface area contributed by atoms with Crippen molar-refractivity contribution in [3.8, 4) is 0 Å². The lowest BCUT2D eigenvalue weighted by molar-refractivity contribution is -0.136. The summed E-state index contributed by atoms with van der Waals surface area (Å²) in [5.74, 6) is 0.937. The van der Waals surface area contributed by atoms with Gasteiger partial charge in [-0.15, -0.1) is 13.3 Å². The molecule has 1 aliphatic heterocycles. The Morgan fingerprint density at radius 2 is 2.33 bits per heavy atom. The van der Waals surface area contributed by atoms with Crippen molar-refractivity contribution in [2.75, 3.05) is 6.66 Å². The number of carboxylic acids is 1. The highest BCUT2D eigenvalue weighted by Crippen LogP contribution is 2.35. The number of hydrogen-bond donors (Lipinski definition) is 1. The van der Waals surface area contributed by atoms with Crippen LogP contribution in [0.1, 0.15) is 29.4 Å². The van der Waals surface area contributed by atoms with Gasteiger partial charge in [0.1, 0.15) is 5.82 Å². The number of carbonyl (C=O) groups is 1. The number of para-hydroxylation sites is 1. The number of nitrogens with zero attached hydrogens (tertiary/aromatic N) is 4. The Hall–Kier alpha value is -2.53. The van der Waals surface area contributed by atoms with Gasteiger partial charge in [-0.25, -0.2) is 9.07 Å². The third kappa shape index (κ3) is 3.16. The van der Waals surface area contributed by atoms with E-state index in [1.807, 2.05) is 15.3 Å². The van der Waals surface area contributed by atoms with Crippen LogP contribution < -0.4 is 0 Å². The van der Waals surface area contributed by atoms with E-state index in [-0.39, 0.29) is 18.3 Å². The van der Waals surface area contributed by atoms with Crippen molar-refractivity contribution in [2.45, 2.75) is 38.3 Å². The van der Waals surface area contributed by atoms with Crippen LogP contribution in [0.4, 0.5) is 4.39 Å². The van der Waals surface area contributed by atoms with E-state index in [1.54, 1.807) is 12.3 Å². The lowest BCUT2D eigenvalue weighted by Crippen LogP contribution is -2.26. The average Bonchev–Trinajstić information content (AvgIpc) is 3.23. The second-order valence-corrected chi connectivity index (χ2v) is 7.63. The van der Waals surface area contributed by atoms with E-state index in [4.69, 9.17) is 0 Å². The molecule has 1 atom stereocenters. The third-order valence-electron chi connectivity index (χ3n) is 5.17. The molecule has 0 bridgehead atoms. The zero-order chi connectivity index (χ0) is 19.0. The van der Waals surface area contributed by atoms with Crippen LogP contribution in [0.25, 0.3) is 10.9 Å². The summed E-state index contributed by atoms with van der Waals surface area (Å²) in [5.41, 5.74) is 3.19. The molecule has 3 heterocycles. The maximum atomic E-state index is 14.6. The molecule has 0 saturated carbocycles. The number of carboxylic acid groups (broad SMARTS) is 1. The van der Waals surface area contributed by atoms with E-state index in [2.05, 4.69) is 22.8 Å². The predicted octanol–water partition coefficient (Wildman–Crippen LogP) is 3.11. The van der Waals surface area contributed by atoms with Gasteiger partial charge < -0.3 is 9.67 Å². The summed E-state index contributed by atoms with van der Waals surface area (Å²) in [6.45, 7) is 2.63. The standard InChI is InChI=1S/C19H20FN4O2P/c1-27-8-7-12-10-21-22-24(12)13-5-6-17-15(9-18(25)26)14-3-2-4-16(20)19(14)23(17)11-13/h2-4,8,10,13H,5-7,9,11H2,1H3,(H,25,26). The number of aliphatic carboxylic acids is 1. The van der Waals surface area contributed by atoms with E-state index < -0.39 is 5.97 Å². The van der Waals surface area contributed by atoms with Crippen molar-refractivity contribution < 1.29 is 14.3 Å². The van der Waals surface area contributed by atoms with Crippen molar-refractivity contribution in [2.24, 2.45) is 0 Å². The summed E-state index contributed by atoms with van der Waals surface area (Å²) in [7, 11) is 1.20. The quantitative estimate of drug-likeness (QED) is 0.684. The van der Waals surface area contributed by atoms with Gasteiger partial charge in [-0.1, -0.05) is 23.1 Å². The molecule has 0 radical (unpaired) electrons. The predicted molar refractivity (Wildman–Crippen MR) is 103 cm³/mol. The minimum absolute atomic E-state index is 0.0739. The highest BCUT2D eigenvalue weighted by Gasteiger charge is 2.29. The number of aromatic nitrogens is 4. The molecule has 0 aliphatic carbocycles. The fourth-order valence-corrected chi connectivity index (χ4v) is 4.40. The molecular formula is C19H20FN4O2P. The Kier molecular flexibility index (Phi) is 4.79. The molecule has 4 rings (SSSR count). The van der Waals surface area contributed by atoms with Crippen molar-refractivity contribution in [3.63, 3.8) is 0 Å². The Bertz CT molecular complexity index is 1040. The molecule has 140 valence electrons. The number of rotatable bonds is 5. The summed E-state index contributed by atoms with van der Waals surface area (Å²) in [5, 5.41) is 18.3. The van der Waals surface area contributed by atoms with E-state index in [0.29, 0.717) is 23.9 Å². The van der Waals surface area contributed by atoms with E-state index in [1.165, 1.54) is 14.3 Å². The van der Waals surface area contributed by atoms with Crippen LogP contribution in [0.15, 0.2) is 24.4 Å². The van der Waals surface area contributed by atoms with Gasteiger partial charge in [0.25, 0.3) is 0 Å². The van der Waals surface area contributed by atoms with Crippen LogP contribution >= 0.6 is 8.20 Å². The normalized spacial score (nSPS) is 16.9. The molecule has 2 aromatic heterocycles. The van der Waals surface area contributed by atoms with Crippen molar-refractivity contribution in [3.05, 3.63) is 47.2 Å². The summed E-state index contributed by atoms with van der Waals surface area (Å²) in [6.07, 6.45) is 3.99. The smallest absolute Gasteiger partial charge is 0.307 e. The van der Waals surface area contributed by atoms with E-state index in [9.17, 15) is 14.3 Å². The molecule has 0 saturated heterocycles. The summed E-state index contributed by atoms with van der Waals surface area (Å²) in [6, 6.07) is 4.96. The lowest BCUT2D eigenvalue weighted by atomic mass is 10.00. The molecule has 1 unspecified atom stereocenters. The maximum absolute atomic E-state index is 14.6. The monoisotopic (exact) mass is 386 g/mol. The first-order chi connectivity index (χ1) is 13.1. The Labute approximate surface area is 157 Å². The Morgan fingerprint density at radius 1 is 1.48 bits per heavy atom. The minimum Gasteiger partial charge on any atom is -0.481 e. The number of fused-ring (bicyclic) bond motifs is 3. The largest absolute Gasteiger partial charge is 0.481 e. The Balaban J connectivity index is 1.78. The van der Waals surface area contributed by atoms with Gasteiger partial charge in [-0.05, 0) is 31.1 Å². The molecule has 1 N–H and O–H groups in total. The van der Waals surface area contributed by atoms with Gasteiger partial charge in [0.15, 0.2) is 0 Å². The first-order valence-electron chi connectivity index (χ1n) is 8.90. The van der Waals surface area contributed by atoms with Crippen molar-refractivity contribution in [1.82, 2.24) is 19.6 Å². The molecule has 27 heavy (non-hydrogen) atoms. The summed E-state index contributed by atoms with van der Waals surface area (Å²) in [4.78, 5) is 11.3. The van der Waals surface area contributed by atoms with Crippen molar-refractivity contribution in [1.29, 1.82) is 0 Å². The van der Waals surface area contributed by atoms with Crippen molar-refractivity contribution >= 4 is 30.9 Å². The highest BCUT2D eigenvalue weighted by atomic mass is 31.1. The zero-order valence-electron chi connectivity index (χ0n) is 15.0. The van der Waals surface area contributed by atoms with Gasteiger partial charge >= 0.3 is 5.97 Å². The van der Waals surface area contributed by atoms with Gasteiger partial charge in [-0.2, -0.15) is 0 Å². The molecule has 0 spiro atoms. The molecule has 8 heteroatoms. The van der Waals surface area contributed by atoms with Crippen LogP contribution in [0, 0.1) is 5.82 Å². The molecule has 3 aromatic rings. The van der Waals surface area contributed by atoms with Gasteiger partial charge in [0.2, 0.25) is 0 Å². The fraction of sp³-hybridized carbons (Fsp3) is 0.368. The van der Waals surface area contributed by atoms with Crippen LogP contribution in [-0.2, 0) is 30.6 Å². The molecule has 1 aliphatic rings. The zero-order valence-corrected chi connectivity index (χ0v) is 15.9. The second-order valence-electron chi connectivity index (χ2n) is 6.75.